The van der Waals surface area contributed by atoms with E-state index in [1.165, 1.54) is 6.07 Å². The van der Waals surface area contributed by atoms with E-state index in [0.717, 1.165) is 22.6 Å². The summed E-state index contributed by atoms with van der Waals surface area (Å²) in [5.74, 6) is 1.47. The quantitative estimate of drug-likeness (QED) is 0.584. The van der Waals surface area contributed by atoms with Gasteiger partial charge in [0.05, 0.1) is 6.54 Å². The summed E-state index contributed by atoms with van der Waals surface area (Å²) >= 11 is 5.99. The number of furan rings is 1. The molecule has 0 aliphatic rings. The highest BCUT2D eigenvalue weighted by atomic mass is 35.5. The van der Waals surface area contributed by atoms with Crippen LogP contribution in [0.3, 0.4) is 0 Å². The van der Waals surface area contributed by atoms with Crippen LogP contribution in [-0.2, 0) is 13.0 Å². The fourth-order valence-corrected chi connectivity index (χ4v) is 2.60. The SMILES string of the molecule is Cl.Fc1ccccc1CCNCc1ccc(-c2cccc(Cl)c2)o1. The van der Waals surface area contributed by atoms with Crippen molar-refractivity contribution < 1.29 is 8.81 Å². The maximum atomic E-state index is 13.5. The van der Waals surface area contributed by atoms with Crippen LogP contribution in [0.4, 0.5) is 4.39 Å². The van der Waals surface area contributed by atoms with Gasteiger partial charge in [-0.05, 0) is 48.9 Å². The van der Waals surface area contributed by atoms with Crippen LogP contribution in [-0.4, -0.2) is 6.54 Å². The van der Waals surface area contributed by atoms with E-state index in [0.29, 0.717) is 24.5 Å². The Labute approximate surface area is 152 Å². The van der Waals surface area contributed by atoms with Crippen LogP contribution in [0.25, 0.3) is 11.3 Å². The summed E-state index contributed by atoms with van der Waals surface area (Å²) in [6.45, 7) is 1.29. The number of nitrogens with one attached hydrogen (secondary N) is 1. The molecule has 0 unspecified atom stereocenters. The van der Waals surface area contributed by atoms with Crippen LogP contribution in [0.1, 0.15) is 11.3 Å². The van der Waals surface area contributed by atoms with E-state index < -0.39 is 0 Å². The second-order valence-electron chi connectivity index (χ2n) is 5.29. The Balaban J connectivity index is 0.00000208. The number of benzene rings is 2. The Morgan fingerprint density at radius 1 is 1.00 bits per heavy atom. The van der Waals surface area contributed by atoms with E-state index in [2.05, 4.69) is 5.32 Å². The maximum Gasteiger partial charge on any atom is 0.134 e. The molecule has 24 heavy (non-hydrogen) atoms. The Hall–Kier alpha value is -1.81. The van der Waals surface area contributed by atoms with E-state index in [-0.39, 0.29) is 18.2 Å². The average Bonchev–Trinajstić information content (AvgIpc) is 3.02. The minimum atomic E-state index is -0.157. The molecule has 1 heterocycles. The minimum Gasteiger partial charge on any atom is -0.460 e. The number of hydrogen-bond donors (Lipinski definition) is 1. The zero-order valence-electron chi connectivity index (χ0n) is 13.0. The van der Waals surface area contributed by atoms with Gasteiger partial charge in [-0.15, -0.1) is 12.4 Å². The second kappa shape index (κ2) is 8.88. The van der Waals surface area contributed by atoms with Gasteiger partial charge in [-0.1, -0.05) is 41.9 Å². The van der Waals surface area contributed by atoms with Gasteiger partial charge < -0.3 is 9.73 Å². The molecule has 0 radical (unpaired) electrons. The summed E-state index contributed by atoms with van der Waals surface area (Å²) in [6.07, 6.45) is 0.647. The van der Waals surface area contributed by atoms with E-state index >= 15 is 0 Å². The molecule has 126 valence electrons. The monoisotopic (exact) mass is 365 g/mol. The van der Waals surface area contributed by atoms with Gasteiger partial charge in [-0.25, -0.2) is 4.39 Å². The first-order valence-electron chi connectivity index (χ1n) is 7.51. The van der Waals surface area contributed by atoms with E-state index in [1.807, 2.05) is 42.5 Å². The average molecular weight is 366 g/mol. The summed E-state index contributed by atoms with van der Waals surface area (Å²) in [4.78, 5) is 0. The molecule has 1 N–H and O–H groups in total. The van der Waals surface area contributed by atoms with Crippen LogP contribution in [0.15, 0.2) is 65.1 Å². The third-order valence-electron chi connectivity index (χ3n) is 3.60. The number of hydrogen-bond acceptors (Lipinski definition) is 2. The van der Waals surface area contributed by atoms with Gasteiger partial charge in [0.1, 0.15) is 17.3 Å². The first-order valence-corrected chi connectivity index (χ1v) is 7.89. The van der Waals surface area contributed by atoms with Crippen LogP contribution in [0.2, 0.25) is 5.02 Å². The van der Waals surface area contributed by atoms with Crippen LogP contribution in [0, 0.1) is 5.82 Å². The highest BCUT2D eigenvalue weighted by Crippen LogP contribution is 2.24. The fourth-order valence-electron chi connectivity index (χ4n) is 2.41. The summed E-state index contributed by atoms with van der Waals surface area (Å²) in [5, 5.41) is 3.95. The van der Waals surface area contributed by atoms with E-state index in [1.54, 1.807) is 12.1 Å². The Bertz CT molecular complexity index is 788. The molecule has 2 aromatic carbocycles. The van der Waals surface area contributed by atoms with Gasteiger partial charge in [-0.2, -0.15) is 0 Å². The van der Waals surface area contributed by atoms with Crippen molar-refractivity contribution in [3.05, 3.63) is 82.8 Å². The topological polar surface area (TPSA) is 25.2 Å². The van der Waals surface area contributed by atoms with Crippen molar-refractivity contribution in [2.24, 2.45) is 0 Å². The molecule has 0 aliphatic heterocycles. The highest BCUT2D eigenvalue weighted by molar-refractivity contribution is 6.30. The van der Waals surface area contributed by atoms with Gasteiger partial charge in [0, 0.05) is 10.6 Å². The summed E-state index contributed by atoms with van der Waals surface area (Å²) in [6, 6.07) is 18.3. The zero-order chi connectivity index (χ0) is 16.1. The first-order chi connectivity index (χ1) is 11.2. The van der Waals surface area contributed by atoms with Gasteiger partial charge in [-0.3, -0.25) is 0 Å². The van der Waals surface area contributed by atoms with E-state index in [4.69, 9.17) is 16.0 Å². The lowest BCUT2D eigenvalue weighted by atomic mass is 10.1. The molecular weight excluding hydrogens is 348 g/mol. The zero-order valence-corrected chi connectivity index (χ0v) is 14.5. The van der Waals surface area contributed by atoms with E-state index in [9.17, 15) is 4.39 Å². The highest BCUT2D eigenvalue weighted by Gasteiger charge is 2.05. The second-order valence-corrected chi connectivity index (χ2v) is 5.73. The Morgan fingerprint density at radius 3 is 2.62 bits per heavy atom. The summed E-state index contributed by atoms with van der Waals surface area (Å²) < 4.78 is 19.3. The van der Waals surface area contributed by atoms with Crippen molar-refractivity contribution in [1.29, 1.82) is 0 Å². The van der Waals surface area contributed by atoms with Crippen LogP contribution >= 0.6 is 24.0 Å². The molecule has 0 fully saturated rings. The normalized spacial score (nSPS) is 10.4. The third-order valence-corrected chi connectivity index (χ3v) is 3.83. The van der Waals surface area contributed by atoms with Crippen molar-refractivity contribution in [3.63, 3.8) is 0 Å². The predicted molar refractivity (Wildman–Crippen MR) is 98.2 cm³/mol. The van der Waals surface area contributed by atoms with Crippen molar-refractivity contribution in [2.75, 3.05) is 6.54 Å². The molecule has 0 bridgehead atoms. The lowest BCUT2D eigenvalue weighted by Crippen LogP contribution is -2.16. The first kappa shape index (κ1) is 18.5. The van der Waals surface area contributed by atoms with Crippen molar-refractivity contribution in [1.82, 2.24) is 5.32 Å². The number of rotatable bonds is 6. The van der Waals surface area contributed by atoms with Crippen LogP contribution < -0.4 is 5.32 Å². The van der Waals surface area contributed by atoms with Crippen LogP contribution in [0.5, 0.6) is 0 Å². The molecule has 3 rings (SSSR count). The molecule has 2 nitrogen and oxygen atoms in total. The molecule has 3 aromatic rings. The molecule has 5 heteroatoms. The lowest BCUT2D eigenvalue weighted by Gasteiger charge is -2.04. The summed E-state index contributed by atoms with van der Waals surface area (Å²) in [5.41, 5.74) is 1.68. The molecule has 0 amide bonds. The standard InChI is InChI=1S/C19H17ClFNO.ClH/c20-16-6-3-5-15(12-16)19-9-8-17(23-19)13-22-11-10-14-4-1-2-7-18(14)21;/h1-9,12,22H,10-11,13H2;1H. The smallest absolute Gasteiger partial charge is 0.134 e. The van der Waals surface area contributed by atoms with Crippen molar-refractivity contribution in [3.8, 4) is 11.3 Å². The maximum absolute atomic E-state index is 13.5. The Kier molecular flexibility index (Phi) is 6.85. The molecule has 1 aromatic heterocycles. The molecule has 0 saturated heterocycles. The molecule has 0 aliphatic carbocycles. The third kappa shape index (κ3) is 4.84. The molecule has 0 atom stereocenters. The summed E-state index contributed by atoms with van der Waals surface area (Å²) in [7, 11) is 0. The molecule has 0 saturated carbocycles. The van der Waals surface area contributed by atoms with Gasteiger partial charge in [0.25, 0.3) is 0 Å². The number of halogens is 3. The van der Waals surface area contributed by atoms with Crippen molar-refractivity contribution >= 4 is 24.0 Å². The predicted octanol–water partition coefficient (Wildman–Crippen LogP) is 5.49. The fraction of sp³-hybridized carbons (Fsp3) is 0.158. The lowest BCUT2D eigenvalue weighted by molar-refractivity contribution is 0.493. The van der Waals surface area contributed by atoms with Crippen molar-refractivity contribution in [2.45, 2.75) is 13.0 Å². The van der Waals surface area contributed by atoms with Gasteiger partial charge in [0.15, 0.2) is 0 Å². The van der Waals surface area contributed by atoms with Gasteiger partial charge in [0.2, 0.25) is 0 Å². The molecule has 0 spiro atoms. The molecular formula is C19H18Cl2FNO. The Morgan fingerprint density at radius 2 is 1.83 bits per heavy atom. The largest absolute Gasteiger partial charge is 0.460 e. The minimum absolute atomic E-state index is 0. The van der Waals surface area contributed by atoms with Gasteiger partial charge >= 0.3 is 0 Å².